The van der Waals surface area contributed by atoms with E-state index in [0.29, 0.717) is 5.76 Å². The highest BCUT2D eigenvalue weighted by molar-refractivity contribution is 5.91. The third kappa shape index (κ3) is 3.85. The summed E-state index contributed by atoms with van der Waals surface area (Å²) >= 11 is 0. The minimum absolute atomic E-state index is 0.184. The summed E-state index contributed by atoms with van der Waals surface area (Å²) in [5.41, 5.74) is 5.38. The Morgan fingerprint density at radius 2 is 2.35 bits per heavy atom. The molecule has 1 amide bonds. The number of ether oxygens (including phenoxy) is 1. The van der Waals surface area contributed by atoms with Gasteiger partial charge in [0.2, 0.25) is 0 Å². The predicted octanol–water partition coefficient (Wildman–Crippen LogP) is -0.182. The van der Waals surface area contributed by atoms with E-state index < -0.39 is 6.10 Å². The molecule has 1 heterocycles. The van der Waals surface area contributed by atoms with Crippen molar-refractivity contribution in [1.29, 1.82) is 0 Å². The lowest BCUT2D eigenvalue weighted by Gasteiger charge is -2.19. The number of nitrogens with zero attached hydrogens (tertiary/aromatic N) is 1. The summed E-state index contributed by atoms with van der Waals surface area (Å²) in [5.74, 6) is 0.483. The Balaban J connectivity index is 2.57. The van der Waals surface area contributed by atoms with Crippen molar-refractivity contribution >= 4 is 5.91 Å². The van der Waals surface area contributed by atoms with Gasteiger partial charge in [0.25, 0.3) is 5.91 Å². The third-order valence-corrected chi connectivity index (χ3v) is 2.26. The van der Waals surface area contributed by atoms with E-state index in [1.54, 1.807) is 19.2 Å². The Labute approximate surface area is 99.9 Å². The highest BCUT2D eigenvalue weighted by atomic mass is 16.5. The molecule has 1 aromatic heterocycles. The fraction of sp³-hybridized carbons (Fsp3) is 0.545. The number of carbonyl (C=O) groups is 1. The van der Waals surface area contributed by atoms with Crippen molar-refractivity contribution in [3.63, 3.8) is 0 Å². The van der Waals surface area contributed by atoms with Gasteiger partial charge in [0.05, 0.1) is 19.3 Å². The third-order valence-electron chi connectivity index (χ3n) is 2.26. The van der Waals surface area contributed by atoms with Crippen LogP contribution in [0, 0.1) is 0 Å². The van der Waals surface area contributed by atoms with E-state index in [1.807, 2.05) is 0 Å². The van der Waals surface area contributed by atoms with Gasteiger partial charge in [-0.25, -0.2) is 0 Å². The smallest absolute Gasteiger partial charge is 0.289 e. The molecule has 1 rings (SSSR count). The van der Waals surface area contributed by atoms with Crippen LogP contribution in [0.1, 0.15) is 16.3 Å². The SMILES string of the molecule is COCC(O)CN(C)C(=O)c1ccc(CN)o1. The maximum absolute atomic E-state index is 11.9. The van der Waals surface area contributed by atoms with Crippen LogP contribution in [0.2, 0.25) is 0 Å². The van der Waals surface area contributed by atoms with E-state index in [2.05, 4.69) is 0 Å². The largest absolute Gasteiger partial charge is 0.455 e. The van der Waals surface area contributed by atoms with E-state index in [1.165, 1.54) is 12.0 Å². The van der Waals surface area contributed by atoms with Gasteiger partial charge in [-0.2, -0.15) is 0 Å². The molecule has 1 aromatic rings. The van der Waals surface area contributed by atoms with Gasteiger partial charge >= 0.3 is 0 Å². The van der Waals surface area contributed by atoms with Crippen LogP contribution in [0.3, 0.4) is 0 Å². The molecule has 0 aliphatic rings. The summed E-state index contributed by atoms with van der Waals surface area (Å²) < 4.78 is 10.0. The molecule has 6 nitrogen and oxygen atoms in total. The summed E-state index contributed by atoms with van der Waals surface area (Å²) in [6, 6.07) is 3.23. The van der Waals surface area contributed by atoms with Gasteiger partial charge in [-0.05, 0) is 12.1 Å². The number of nitrogens with two attached hydrogens (primary N) is 1. The van der Waals surface area contributed by atoms with Crippen molar-refractivity contribution in [2.24, 2.45) is 5.73 Å². The second-order valence-electron chi connectivity index (χ2n) is 3.76. The molecule has 1 unspecified atom stereocenters. The van der Waals surface area contributed by atoms with Crippen molar-refractivity contribution in [2.75, 3.05) is 27.3 Å². The number of aliphatic hydroxyl groups excluding tert-OH is 1. The minimum atomic E-state index is -0.710. The van der Waals surface area contributed by atoms with Gasteiger partial charge in [0.15, 0.2) is 5.76 Å². The van der Waals surface area contributed by atoms with Crippen LogP contribution in [0.25, 0.3) is 0 Å². The fourth-order valence-electron chi connectivity index (χ4n) is 1.43. The first-order valence-corrected chi connectivity index (χ1v) is 5.29. The zero-order chi connectivity index (χ0) is 12.8. The Bertz CT molecular complexity index is 364. The number of amides is 1. The van der Waals surface area contributed by atoms with Crippen molar-refractivity contribution in [3.8, 4) is 0 Å². The summed E-state index contributed by atoms with van der Waals surface area (Å²) in [4.78, 5) is 13.2. The summed E-state index contributed by atoms with van der Waals surface area (Å²) in [5, 5.41) is 9.50. The molecule has 3 N–H and O–H groups in total. The van der Waals surface area contributed by atoms with Crippen LogP contribution in [0.4, 0.5) is 0 Å². The molecule has 6 heteroatoms. The van der Waals surface area contributed by atoms with Gasteiger partial charge in [0, 0.05) is 20.7 Å². The van der Waals surface area contributed by atoms with Crippen molar-refractivity contribution in [2.45, 2.75) is 12.6 Å². The number of hydrogen-bond acceptors (Lipinski definition) is 5. The summed E-state index contributed by atoms with van der Waals surface area (Å²) in [6.45, 7) is 0.623. The maximum Gasteiger partial charge on any atom is 0.289 e. The van der Waals surface area contributed by atoms with Gasteiger partial charge < -0.3 is 24.9 Å². The Hall–Kier alpha value is -1.37. The van der Waals surface area contributed by atoms with E-state index in [9.17, 15) is 9.90 Å². The van der Waals surface area contributed by atoms with Crippen LogP contribution in [-0.4, -0.2) is 49.3 Å². The lowest BCUT2D eigenvalue weighted by atomic mass is 10.3. The fourth-order valence-corrected chi connectivity index (χ4v) is 1.43. The van der Waals surface area contributed by atoms with Crippen LogP contribution in [-0.2, 0) is 11.3 Å². The number of methoxy groups -OCH3 is 1. The van der Waals surface area contributed by atoms with Crippen LogP contribution < -0.4 is 5.73 Å². The average Bonchev–Trinajstić information content (AvgIpc) is 2.76. The molecule has 0 saturated heterocycles. The van der Waals surface area contributed by atoms with E-state index in [4.69, 9.17) is 14.9 Å². The zero-order valence-electron chi connectivity index (χ0n) is 10.0. The lowest BCUT2D eigenvalue weighted by molar-refractivity contribution is 0.0367. The topological polar surface area (TPSA) is 88.9 Å². The number of hydrogen-bond donors (Lipinski definition) is 2. The van der Waals surface area contributed by atoms with E-state index >= 15 is 0 Å². The van der Waals surface area contributed by atoms with Crippen molar-refractivity contribution < 1.29 is 19.1 Å². The first-order chi connectivity index (χ1) is 8.08. The zero-order valence-corrected chi connectivity index (χ0v) is 10.0. The maximum atomic E-state index is 11.9. The molecule has 0 aromatic carbocycles. The number of aliphatic hydroxyl groups is 1. The second kappa shape index (κ2) is 6.39. The van der Waals surface area contributed by atoms with Gasteiger partial charge in [-0.1, -0.05) is 0 Å². The predicted molar refractivity (Wildman–Crippen MR) is 61.4 cm³/mol. The second-order valence-corrected chi connectivity index (χ2v) is 3.76. The van der Waals surface area contributed by atoms with Crippen LogP contribution in [0.5, 0.6) is 0 Å². The lowest BCUT2D eigenvalue weighted by Crippen LogP contribution is -2.36. The molecular weight excluding hydrogens is 224 g/mol. The van der Waals surface area contributed by atoms with Crippen molar-refractivity contribution in [3.05, 3.63) is 23.7 Å². The molecular formula is C11H18N2O4. The molecule has 0 bridgehead atoms. The van der Waals surface area contributed by atoms with Crippen LogP contribution in [0.15, 0.2) is 16.5 Å². The van der Waals surface area contributed by atoms with E-state index in [0.717, 1.165) is 0 Å². The molecule has 0 saturated carbocycles. The molecule has 0 aliphatic carbocycles. The normalized spacial score (nSPS) is 12.5. The molecule has 17 heavy (non-hydrogen) atoms. The highest BCUT2D eigenvalue weighted by Crippen LogP contribution is 2.09. The Morgan fingerprint density at radius 1 is 1.65 bits per heavy atom. The van der Waals surface area contributed by atoms with Crippen molar-refractivity contribution in [1.82, 2.24) is 4.90 Å². The molecule has 0 aliphatic heterocycles. The Kier molecular flexibility index (Phi) is 5.14. The summed E-state index contributed by atoms with van der Waals surface area (Å²) in [6.07, 6.45) is -0.710. The number of carbonyl (C=O) groups excluding carboxylic acids is 1. The first-order valence-electron chi connectivity index (χ1n) is 5.29. The van der Waals surface area contributed by atoms with Gasteiger partial charge in [-0.3, -0.25) is 4.79 Å². The monoisotopic (exact) mass is 242 g/mol. The molecule has 0 spiro atoms. The minimum Gasteiger partial charge on any atom is -0.455 e. The quantitative estimate of drug-likeness (QED) is 0.722. The van der Waals surface area contributed by atoms with Gasteiger partial charge in [0.1, 0.15) is 5.76 Å². The number of likely N-dealkylation sites (N-methyl/N-ethyl adjacent to an activating group) is 1. The number of furan rings is 1. The average molecular weight is 242 g/mol. The number of rotatable bonds is 6. The molecule has 0 fully saturated rings. The standard InChI is InChI=1S/C11H18N2O4/c1-13(6-8(14)7-16-2)11(15)10-4-3-9(5-12)17-10/h3-4,8,14H,5-7,12H2,1-2H3. The Morgan fingerprint density at radius 3 is 2.88 bits per heavy atom. The van der Waals surface area contributed by atoms with Crippen LogP contribution >= 0.6 is 0 Å². The van der Waals surface area contributed by atoms with Gasteiger partial charge in [-0.15, -0.1) is 0 Å². The highest BCUT2D eigenvalue weighted by Gasteiger charge is 2.18. The first kappa shape index (κ1) is 13.7. The molecule has 0 radical (unpaired) electrons. The summed E-state index contributed by atoms with van der Waals surface area (Å²) in [7, 11) is 3.08. The molecule has 1 atom stereocenters. The van der Waals surface area contributed by atoms with E-state index in [-0.39, 0.29) is 31.4 Å². The molecule has 96 valence electrons.